The Morgan fingerprint density at radius 1 is 1.10 bits per heavy atom. The molecule has 2 bridgehead atoms. The molecule has 4 nitrogen and oxygen atoms in total. The van der Waals surface area contributed by atoms with Crippen molar-refractivity contribution in [3.63, 3.8) is 0 Å². The first-order valence-electron chi connectivity index (χ1n) is 11.3. The van der Waals surface area contributed by atoms with E-state index >= 15 is 0 Å². The van der Waals surface area contributed by atoms with Gasteiger partial charge in [0.15, 0.2) is 0 Å². The molecule has 4 rings (SSSR count). The predicted molar refractivity (Wildman–Crippen MR) is 110 cm³/mol. The first-order valence-corrected chi connectivity index (χ1v) is 11.3. The normalized spacial score (nSPS) is 28.3. The highest BCUT2D eigenvalue weighted by Gasteiger charge is 2.38. The fourth-order valence-electron chi connectivity index (χ4n) is 5.60. The first-order chi connectivity index (χ1) is 14.4. The monoisotopic (exact) mass is 426 g/mol. The number of piperazine rings is 1. The highest BCUT2D eigenvalue weighted by Crippen LogP contribution is 2.49. The summed E-state index contributed by atoms with van der Waals surface area (Å²) in [5, 5.41) is 10.3. The predicted octanol–water partition coefficient (Wildman–Crippen LogP) is 4.03. The summed E-state index contributed by atoms with van der Waals surface area (Å²) in [6.45, 7) is 4.38. The number of alkyl halides is 3. The minimum atomic E-state index is -4.32. The van der Waals surface area contributed by atoms with Crippen LogP contribution in [0.1, 0.15) is 37.7 Å². The van der Waals surface area contributed by atoms with E-state index in [-0.39, 0.29) is 0 Å². The van der Waals surface area contributed by atoms with E-state index in [9.17, 15) is 18.3 Å². The standard InChI is InChI=1S/C23H33F3N2O2/c24-23(25,26)20-2-1-3-21(14-20)28-9-7-27(8-10-28)15-22(29)16-30-11-6-19-13-17-4-5-18(19)12-17/h1-3,14,17-19,22,29H,4-13,15-16H2/t17-,18-,19+,22-/m1/s1. The number of rotatable bonds is 8. The average Bonchev–Trinajstić information content (AvgIpc) is 3.35. The zero-order valence-corrected chi connectivity index (χ0v) is 17.5. The average molecular weight is 427 g/mol. The Morgan fingerprint density at radius 3 is 2.57 bits per heavy atom. The molecule has 3 aliphatic rings. The van der Waals surface area contributed by atoms with Crippen LogP contribution < -0.4 is 4.90 Å². The summed E-state index contributed by atoms with van der Waals surface area (Å²) in [6.07, 6.45) is 1.87. The van der Waals surface area contributed by atoms with Crippen molar-refractivity contribution in [1.29, 1.82) is 0 Å². The van der Waals surface area contributed by atoms with Gasteiger partial charge in [-0.3, -0.25) is 4.90 Å². The van der Waals surface area contributed by atoms with Gasteiger partial charge in [-0.2, -0.15) is 13.2 Å². The number of aliphatic hydroxyl groups excluding tert-OH is 1. The summed E-state index contributed by atoms with van der Waals surface area (Å²) < 4.78 is 44.5. The summed E-state index contributed by atoms with van der Waals surface area (Å²) >= 11 is 0. The van der Waals surface area contributed by atoms with E-state index in [0.717, 1.165) is 49.9 Å². The van der Waals surface area contributed by atoms with Crippen molar-refractivity contribution >= 4 is 5.69 Å². The molecule has 0 unspecified atom stereocenters. The SMILES string of the molecule is O[C@@H](COCC[C@H]1C[C@@H]2CC[C@@H]1C2)CN1CCN(c2cccc(C(F)(F)F)c2)CC1. The number of hydrogen-bond donors (Lipinski definition) is 1. The van der Waals surface area contributed by atoms with Gasteiger partial charge in [-0.1, -0.05) is 12.5 Å². The van der Waals surface area contributed by atoms with Gasteiger partial charge in [-0.15, -0.1) is 0 Å². The van der Waals surface area contributed by atoms with Crippen LogP contribution in [0, 0.1) is 17.8 Å². The van der Waals surface area contributed by atoms with Crippen LogP contribution in [0.3, 0.4) is 0 Å². The van der Waals surface area contributed by atoms with E-state index in [1.165, 1.54) is 37.8 Å². The fourth-order valence-corrected chi connectivity index (χ4v) is 5.60. The quantitative estimate of drug-likeness (QED) is 0.637. The van der Waals surface area contributed by atoms with E-state index in [1.54, 1.807) is 6.07 Å². The Labute approximate surface area is 177 Å². The Balaban J connectivity index is 1.13. The molecule has 3 fully saturated rings. The number of aliphatic hydroxyl groups is 1. The van der Waals surface area contributed by atoms with Crippen molar-refractivity contribution in [2.45, 2.75) is 44.4 Å². The third kappa shape index (κ3) is 5.48. The third-order valence-corrected chi connectivity index (χ3v) is 7.21. The molecule has 1 aliphatic heterocycles. The van der Waals surface area contributed by atoms with Gasteiger partial charge >= 0.3 is 6.18 Å². The molecule has 0 aromatic heterocycles. The minimum Gasteiger partial charge on any atom is -0.389 e. The minimum absolute atomic E-state index is 0.356. The van der Waals surface area contributed by atoms with Crippen LogP contribution in [0.2, 0.25) is 0 Å². The molecule has 2 saturated carbocycles. The molecule has 168 valence electrons. The number of fused-ring (bicyclic) bond motifs is 2. The van der Waals surface area contributed by atoms with Crippen molar-refractivity contribution in [2.75, 3.05) is 50.8 Å². The number of β-amino-alcohol motifs (C(OH)–C–C–N with tert-alkyl or cyclic N) is 1. The zero-order valence-electron chi connectivity index (χ0n) is 17.5. The van der Waals surface area contributed by atoms with Crippen molar-refractivity contribution in [1.82, 2.24) is 4.90 Å². The molecule has 4 atom stereocenters. The van der Waals surface area contributed by atoms with Crippen molar-refractivity contribution in [2.24, 2.45) is 17.8 Å². The molecule has 7 heteroatoms. The molecule has 1 saturated heterocycles. The molecular weight excluding hydrogens is 393 g/mol. The van der Waals surface area contributed by atoms with Crippen molar-refractivity contribution in [3.8, 4) is 0 Å². The molecule has 1 N–H and O–H groups in total. The van der Waals surface area contributed by atoms with E-state index in [1.807, 2.05) is 4.90 Å². The number of benzene rings is 1. The number of hydrogen-bond acceptors (Lipinski definition) is 4. The van der Waals surface area contributed by atoms with E-state index in [4.69, 9.17) is 4.74 Å². The summed E-state index contributed by atoms with van der Waals surface area (Å²) in [4.78, 5) is 4.14. The van der Waals surface area contributed by atoms with Gasteiger partial charge in [0.2, 0.25) is 0 Å². The fraction of sp³-hybridized carbons (Fsp3) is 0.739. The number of halogens is 3. The van der Waals surface area contributed by atoms with Crippen LogP contribution in [-0.2, 0) is 10.9 Å². The lowest BCUT2D eigenvalue weighted by molar-refractivity contribution is -0.137. The maximum Gasteiger partial charge on any atom is 0.416 e. The Morgan fingerprint density at radius 2 is 1.90 bits per heavy atom. The van der Waals surface area contributed by atoms with Crippen molar-refractivity contribution < 1.29 is 23.0 Å². The third-order valence-electron chi connectivity index (χ3n) is 7.21. The smallest absolute Gasteiger partial charge is 0.389 e. The van der Waals surface area contributed by atoms with E-state index in [0.29, 0.717) is 31.9 Å². The molecular formula is C23H33F3N2O2. The maximum absolute atomic E-state index is 12.9. The Bertz CT molecular complexity index is 691. The molecule has 0 radical (unpaired) electrons. The lowest BCUT2D eigenvalue weighted by Crippen LogP contribution is -2.49. The summed E-state index contributed by atoms with van der Waals surface area (Å²) in [6, 6.07) is 5.51. The van der Waals surface area contributed by atoms with Crippen molar-refractivity contribution in [3.05, 3.63) is 29.8 Å². The molecule has 30 heavy (non-hydrogen) atoms. The summed E-state index contributed by atoms with van der Waals surface area (Å²) in [5.41, 5.74) is -0.00518. The highest BCUT2D eigenvalue weighted by atomic mass is 19.4. The van der Waals surface area contributed by atoms with Gasteiger partial charge in [0.05, 0.1) is 18.3 Å². The van der Waals surface area contributed by atoms with Crippen LogP contribution in [0.4, 0.5) is 18.9 Å². The van der Waals surface area contributed by atoms with Gasteiger partial charge in [0.1, 0.15) is 0 Å². The number of nitrogens with zero attached hydrogens (tertiary/aromatic N) is 2. The molecule has 0 spiro atoms. The highest BCUT2D eigenvalue weighted by molar-refractivity contribution is 5.49. The van der Waals surface area contributed by atoms with Crippen LogP contribution in [0.15, 0.2) is 24.3 Å². The zero-order chi connectivity index (χ0) is 21.1. The lowest BCUT2D eigenvalue weighted by atomic mass is 9.87. The second-order valence-corrected chi connectivity index (χ2v) is 9.29. The largest absolute Gasteiger partial charge is 0.416 e. The number of ether oxygens (including phenoxy) is 1. The first kappa shape index (κ1) is 21.9. The summed E-state index contributed by atoms with van der Waals surface area (Å²) in [5.74, 6) is 2.70. The van der Waals surface area contributed by atoms with Gasteiger partial charge < -0.3 is 14.7 Å². The molecule has 2 aliphatic carbocycles. The maximum atomic E-state index is 12.9. The summed E-state index contributed by atoms with van der Waals surface area (Å²) in [7, 11) is 0. The van der Waals surface area contributed by atoms with Crippen LogP contribution in [0.5, 0.6) is 0 Å². The van der Waals surface area contributed by atoms with Crippen LogP contribution in [0.25, 0.3) is 0 Å². The van der Waals surface area contributed by atoms with Gasteiger partial charge in [-0.25, -0.2) is 0 Å². The van der Waals surface area contributed by atoms with Crippen LogP contribution in [-0.4, -0.2) is 62.0 Å². The Hall–Kier alpha value is -1.31. The molecule has 0 amide bonds. The Kier molecular flexibility index (Phi) is 6.90. The topological polar surface area (TPSA) is 35.9 Å². The van der Waals surface area contributed by atoms with Gasteiger partial charge in [0.25, 0.3) is 0 Å². The molecule has 1 aromatic carbocycles. The second-order valence-electron chi connectivity index (χ2n) is 9.29. The number of anilines is 1. The van der Waals surface area contributed by atoms with E-state index in [2.05, 4.69) is 4.90 Å². The van der Waals surface area contributed by atoms with Gasteiger partial charge in [-0.05, 0) is 61.6 Å². The second kappa shape index (κ2) is 9.45. The molecule has 1 heterocycles. The molecule has 1 aromatic rings. The van der Waals surface area contributed by atoms with Gasteiger partial charge in [0, 0.05) is 45.0 Å². The van der Waals surface area contributed by atoms with Crippen LogP contribution >= 0.6 is 0 Å². The van der Waals surface area contributed by atoms with E-state index < -0.39 is 17.8 Å². The lowest BCUT2D eigenvalue weighted by Gasteiger charge is -2.37.